The molecule has 1 unspecified atom stereocenters. The molecule has 3 heteroatoms. The van der Waals surface area contributed by atoms with Gasteiger partial charge in [0.15, 0.2) is 0 Å². The molecule has 3 nitrogen and oxygen atoms in total. The Morgan fingerprint density at radius 3 is 2.40 bits per heavy atom. The van der Waals surface area contributed by atoms with Crippen LogP contribution >= 0.6 is 0 Å². The minimum absolute atomic E-state index is 0.161. The Balaban J connectivity index is 1.58. The first kappa shape index (κ1) is 17.2. The zero-order valence-electron chi connectivity index (χ0n) is 14.4. The molecule has 128 valence electrons. The van der Waals surface area contributed by atoms with Gasteiger partial charge in [0.05, 0.1) is 5.60 Å². The summed E-state index contributed by atoms with van der Waals surface area (Å²) in [4.78, 5) is 12.4. The fourth-order valence-electron chi connectivity index (χ4n) is 2.85. The van der Waals surface area contributed by atoms with Crippen LogP contribution in [0, 0.1) is 0 Å². The average Bonchev–Trinajstić information content (AvgIpc) is 2.65. The van der Waals surface area contributed by atoms with Crippen LogP contribution in [0.1, 0.15) is 29.3 Å². The molecule has 1 atom stereocenters. The minimum atomic E-state index is -0.942. The molecule has 3 aromatic rings. The van der Waals surface area contributed by atoms with Crippen LogP contribution in [0.15, 0.2) is 72.8 Å². The molecular weight excluding hydrogens is 310 g/mol. The van der Waals surface area contributed by atoms with E-state index in [4.69, 9.17) is 0 Å². The van der Waals surface area contributed by atoms with Gasteiger partial charge >= 0.3 is 0 Å². The molecule has 0 aromatic heterocycles. The van der Waals surface area contributed by atoms with E-state index >= 15 is 0 Å². The molecule has 0 radical (unpaired) electrons. The molecule has 0 aliphatic carbocycles. The van der Waals surface area contributed by atoms with Crippen LogP contribution in [-0.2, 0) is 6.42 Å². The number of carbonyl (C=O) groups is 1. The quantitative estimate of drug-likeness (QED) is 0.717. The molecule has 2 N–H and O–H groups in total. The van der Waals surface area contributed by atoms with Gasteiger partial charge in [0.1, 0.15) is 0 Å². The van der Waals surface area contributed by atoms with Crippen LogP contribution in [0.3, 0.4) is 0 Å². The monoisotopic (exact) mass is 333 g/mol. The largest absolute Gasteiger partial charge is 0.388 e. The molecule has 0 heterocycles. The van der Waals surface area contributed by atoms with Crippen LogP contribution in [0.25, 0.3) is 10.8 Å². The SMILES string of the molecule is CC(O)(CCc1ccccc1)CNC(=O)c1ccc2ccccc2c1. The van der Waals surface area contributed by atoms with E-state index in [1.54, 1.807) is 6.92 Å². The molecule has 3 aromatic carbocycles. The lowest BCUT2D eigenvalue weighted by Crippen LogP contribution is -2.41. The van der Waals surface area contributed by atoms with Crippen molar-refractivity contribution in [2.75, 3.05) is 6.54 Å². The van der Waals surface area contributed by atoms with E-state index in [2.05, 4.69) is 5.32 Å². The summed E-state index contributed by atoms with van der Waals surface area (Å²) in [5, 5.41) is 15.5. The fraction of sp³-hybridized carbons (Fsp3) is 0.227. The van der Waals surface area contributed by atoms with Gasteiger partial charge in [-0.1, -0.05) is 60.7 Å². The smallest absolute Gasteiger partial charge is 0.251 e. The van der Waals surface area contributed by atoms with Crippen molar-refractivity contribution in [3.63, 3.8) is 0 Å². The Morgan fingerprint density at radius 2 is 1.64 bits per heavy atom. The van der Waals surface area contributed by atoms with Gasteiger partial charge in [-0.15, -0.1) is 0 Å². The first-order valence-corrected chi connectivity index (χ1v) is 8.57. The maximum atomic E-state index is 12.4. The predicted octanol–water partition coefficient (Wildman–Crippen LogP) is 3.95. The van der Waals surface area contributed by atoms with Crippen molar-refractivity contribution in [1.29, 1.82) is 0 Å². The third-order valence-corrected chi connectivity index (χ3v) is 4.44. The van der Waals surface area contributed by atoms with Gasteiger partial charge in [0, 0.05) is 12.1 Å². The number of benzene rings is 3. The second-order valence-corrected chi connectivity index (χ2v) is 6.73. The second kappa shape index (κ2) is 7.49. The molecule has 0 aliphatic rings. The highest BCUT2D eigenvalue weighted by molar-refractivity contribution is 5.98. The van der Waals surface area contributed by atoms with Gasteiger partial charge in [-0.2, -0.15) is 0 Å². The summed E-state index contributed by atoms with van der Waals surface area (Å²) >= 11 is 0. The van der Waals surface area contributed by atoms with Crippen molar-refractivity contribution >= 4 is 16.7 Å². The van der Waals surface area contributed by atoms with Gasteiger partial charge in [-0.05, 0) is 48.2 Å². The third kappa shape index (κ3) is 4.68. The Morgan fingerprint density at radius 1 is 0.960 bits per heavy atom. The maximum Gasteiger partial charge on any atom is 0.251 e. The average molecular weight is 333 g/mol. The summed E-state index contributed by atoms with van der Waals surface area (Å²) in [5.74, 6) is -0.161. The number of rotatable bonds is 6. The molecule has 0 bridgehead atoms. The van der Waals surface area contributed by atoms with Gasteiger partial charge in [0.2, 0.25) is 0 Å². The van der Waals surface area contributed by atoms with E-state index < -0.39 is 5.60 Å². The first-order chi connectivity index (χ1) is 12.0. The normalized spacial score (nSPS) is 13.4. The van der Waals surface area contributed by atoms with E-state index in [9.17, 15) is 9.90 Å². The van der Waals surface area contributed by atoms with Gasteiger partial charge < -0.3 is 10.4 Å². The molecule has 0 aliphatic heterocycles. The third-order valence-electron chi connectivity index (χ3n) is 4.44. The van der Waals surface area contributed by atoms with Crippen LogP contribution in [0.5, 0.6) is 0 Å². The van der Waals surface area contributed by atoms with Gasteiger partial charge in [-0.3, -0.25) is 4.79 Å². The number of amides is 1. The van der Waals surface area contributed by atoms with E-state index in [0.717, 1.165) is 17.2 Å². The van der Waals surface area contributed by atoms with Crippen LogP contribution < -0.4 is 5.32 Å². The van der Waals surface area contributed by atoms with Crippen molar-refractivity contribution in [3.05, 3.63) is 83.9 Å². The van der Waals surface area contributed by atoms with Crippen molar-refractivity contribution < 1.29 is 9.90 Å². The number of aryl methyl sites for hydroxylation is 1. The highest BCUT2D eigenvalue weighted by Crippen LogP contribution is 2.17. The topological polar surface area (TPSA) is 49.3 Å². The highest BCUT2D eigenvalue weighted by Gasteiger charge is 2.21. The number of hydrogen-bond acceptors (Lipinski definition) is 2. The Kier molecular flexibility index (Phi) is 5.15. The molecule has 0 spiro atoms. The molecule has 0 saturated heterocycles. The lowest BCUT2D eigenvalue weighted by molar-refractivity contribution is 0.0478. The lowest BCUT2D eigenvalue weighted by Gasteiger charge is -2.23. The summed E-state index contributed by atoms with van der Waals surface area (Å²) in [6, 6.07) is 23.6. The van der Waals surface area contributed by atoms with Gasteiger partial charge in [0.25, 0.3) is 5.91 Å². The molecule has 25 heavy (non-hydrogen) atoms. The predicted molar refractivity (Wildman–Crippen MR) is 102 cm³/mol. The molecular formula is C22H23NO2. The van der Waals surface area contributed by atoms with Crippen LogP contribution in [0.4, 0.5) is 0 Å². The van der Waals surface area contributed by atoms with Crippen LogP contribution in [0.2, 0.25) is 0 Å². The zero-order valence-corrected chi connectivity index (χ0v) is 14.4. The van der Waals surface area contributed by atoms with Crippen molar-refractivity contribution in [2.45, 2.75) is 25.4 Å². The van der Waals surface area contributed by atoms with Crippen molar-refractivity contribution in [2.24, 2.45) is 0 Å². The number of hydrogen-bond donors (Lipinski definition) is 2. The number of fused-ring (bicyclic) bond motifs is 1. The van der Waals surface area contributed by atoms with Crippen molar-refractivity contribution in [1.82, 2.24) is 5.32 Å². The number of nitrogens with one attached hydrogen (secondary N) is 1. The lowest BCUT2D eigenvalue weighted by atomic mass is 9.96. The standard InChI is InChI=1S/C22H23NO2/c1-22(25,14-13-17-7-3-2-4-8-17)16-23-21(24)20-12-11-18-9-5-6-10-19(18)15-20/h2-12,15,25H,13-14,16H2,1H3,(H,23,24). The first-order valence-electron chi connectivity index (χ1n) is 8.57. The van der Waals surface area contributed by atoms with E-state index in [-0.39, 0.29) is 12.5 Å². The minimum Gasteiger partial charge on any atom is -0.388 e. The summed E-state index contributed by atoms with van der Waals surface area (Å²) in [6.07, 6.45) is 1.37. The summed E-state index contributed by atoms with van der Waals surface area (Å²) < 4.78 is 0. The van der Waals surface area contributed by atoms with E-state index in [0.29, 0.717) is 12.0 Å². The van der Waals surface area contributed by atoms with Crippen LogP contribution in [-0.4, -0.2) is 23.2 Å². The molecule has 1 amide bonds. The Labute approximate surface area is 148 Å². The second-order valence-electron chi connectivity index (χ2n) is 6.73. The summed E-state index contributed by atoms with van der Waals surface area (Å²) in [6.45, 7) is 1.99. The Bertz CT molecular complexity index is 856. The Hall–Kier alpha value is -2.65. The molecule has 0 saturated carbocycles. The van der Waals surface area contributed by atoms with E-state index in [1.165, 1.54) is 5.56 Å². The number of carbonyl (C=O) groups excluding carboxylic acids is 1. The molecule has 3 rings (SSSR count). The van der Waals surface area contributed by atoms with Gasteiger partial charge in [-0.25, -0.2) is 0 Å². The summed E-state index contributed by atoms with van der Waals surface area (Å²) in [7, 11) is 0. The summed E-state index contributed by atoms with van der Waals surface area (Å²) in [5.41, 5.74) is 0.851. The maximum absolute atomic E-state index is 12.4. The zero-order chi connectivity index (χ0) is 17.7. The molecule has 0 fully saturated rings. The number of aliphatic hydroxyl groups is 1. The highest BCUT2D eigenvalue weighted by atomic mass is 16.3. The van der Waals surface area contributed by atoms with E-state index in [1.807, 2.05) is 72.8 Å². The fourth-order valence-corrected chi connectivity index (χ4v) is 2.85. The van der Waals surface area contributed by atoms with Crippen molar-refractivity contribution in [3.8, 4) is 0 Å².